The maximum absolute atomic E-state index is 3.83. The second-order valence-corrected chi connectivity index (χ2v) is 2.63. The minimum absolute atomic E-state index is 0.481. The molecule has 0 spiro atoms. The van der Waals surface area contributed by atoms with Crippen LogP contribution >= 0.6 is 0 Å². The monoisotopic (exact) mass is 169 g/mol. The Hall–Kier alpha value is -0.720. The van der Waals surface area contributed by atoms with E-state index in [0.29, 0.717) is 6.04 Å². The first-order chi connectivity index (χ1) is 5.66. The van der Waals surface area contributed by atoms with E-state index in [1.165, 1.54) is 0 Å². The van der Waals surface area contributed by atoms with Crippen molar-refractivity contribution in [3.05, 3.63) is 24.4 Å². The smallest absolute Gasteiger partial charge is 0.0265 e. The third-order valence-electron chi connectivity index (χ3n) is 1.03. The Morgan fingerprint density at radius 3 is 2.25 bits per heavy atom. The third kappa shape index (κ3) is 12.0. The average molecular weight is 169 g/mol. The summed E-state index contributed by atoms with van der Waals surface area (Å²) in [7, 11) is 0. The first-order valence-corrected chi connectivity index (χ1v) is 4.78. The van der Waals surface area contributed by atoms with Gasteiger partial charge >= 0.3 is 0 Å². The van der Waals surface area contributed by atoms with Gasteiger partial charge in [-0.15, -0.1) is 0 Å². The Labute approximate surface area is 77.6 Å². The number of hydrogen-bond donors (Lipinski definition) is 1. The third-order valence-corrected chi connectivity index (χ3v) is 1.03. The van der Waals surface area contributed by atoms with Crippen LogP contribution in [0.25, 0.3) is 0 Å². The molecule has 0 fully saturated rings. The summed E-state index contributed by atoms with van der Waals surface area (Å²) in [5.74, 6) is 0. The van der Waals surface area contributed by atoms with Gasteiger partial charge in [-0.1, -0.05) is 33.4 Å². The Morgan fingerprint density at radius 1 is 1.42 bits per heavy atom. The van der Waals surface area contributed by atoms with E-state index >= 15 is 0 Å². The van der Waals surface area contributed by atoms with Gasteiger partial charge in [-0.05, 0) is 26.3 Å². The molecule has 0 aliphatic heterocycles. The summed E-state index contributed by atoms with van der Waals surface area (Å²) in [6, 6.07) is 0.481. The summed E-state index contributed by atoms with van der Waals surface area (Å²) in [5, 5.41) is 3.20. The highest BCUT2D eigenvalue weighted by molar-refractivity contribution is 5.12. The minimum atomic E-state index is 0.481. The van der Waals surface area contributed by atoms with Crippen LogP contribution in [0.5, 0.6) is 0 Å². The van der Waals surface area contributed by atoms with Crippen molar-refractivity contribution in [2.75, 3.05) is 0 Å². The second-order valence-electron chi connectivity index (χ2n) is 2.63. The van der Waals surface area contributed by atoms with Crippen LogP contribution in [0.1, 0.15) is 41.0 Å². The SMILES string of the molecule is C=C(/C=C/CC)NC(C)C.CC. The fourth-order valence-corrected chi connectivity index (χ4v) is 0.679. The standard InChI is InChI=1S/C9H17N.C2H6/c1-5-6-7-9(4)10-8(2)3;1-2/h6-8,10H,4-5H2,1-3H3;1-2H3/b7-6+;. The molecule has 0 amide bonds. The highest BCUT2D eigenvalue weighted by atomic mass is 14.9. The zero-order chi connectivity index (χ0) is 9.98. The van der Waals surface area contributed by atoms with E-state index in [0.717, 1.165) is 12.1 Å². The van der Waals surface area contributed by atoms with Crippen LogP contribution in [-0.4, -0.2) is 6.04 Å². The molecule has 0 aromatic heterocycles. The van der Waals surface area contributed by atoms with Gasteiger partial charge < -0.3 is 5.32 Å². The molecule has 0 saturated carbocycles. The van der Waals surface area contributed by atoms with Crippen LogP contribution in [0.2, 0.25) is 0 Å². The van der Waals surface area contributed by atoms with Gasteiger partial charge in [-0.25, -0.2) is 0 Å². The molecular formula is C11H23N. The van der Waals surface area contributed by atoms with Crippen LogP contribution in [0.15, 0.2) is 24.4 Å². The molecule has 0 atom stereocenters. The van der Waals surface area contributed by atoms with Crippen LogP contribution in [0, 0.1) is 0 Å². The summed E-state index contributed by atoms with van der Waals surface area (Å²) in [6.07, 6.45) is 5.18. The quantitative estimate of drug-likeness (QED) is 0.635. The molecule has 1 nitrogen and oxygen atoms in total. The van der Waals surface area contributed by atoms with Gasteiger partial charge in [-0.3, -0.25) is 0 Å². The van der Waals surface area contributed by atoms with Crippen molar-refractivity contribution in [2.24, 2.45) is 0 Å². The van der Waals surface area contributed by atoms with Crippen molar-refractivity contribution in [1.82, 2.24) is 5.32 Å². The zero-order valence-electron chi connectivity index (χ0n) is 9.15. The molecule has 0 aromatic carbocycles. The predicted molar refractivity (Wildman–Crippen MR) is 58.2 cm³/mol. The number of nitrogens with one attached hydrogen (secondary N) is 1. The average Bonchev–Trinajstić information content (AvgIpc) is 2.03. The second kappa shape index (κ2) is 10.3. The van der Waals surface area contributed by atoms with E-state index in [9.17, 15) is 0 Å². The lowest BCUT2D eigenvalue weighted by molar-refractivity contribution is 0.683. The molecule has 1 heteroatoms. The van der Waals surface area contributed by atoms with E-state index in [-0.39, 0.29) is 0 Å². The first-order valence-electron chi connectivity index (χ1n) is 4.78. The molecule has 1 N–H and O–H groups in total. The van der Waals surface area contributed by atoms with Crippen LogP contribution in [-0.2, 0) is 0 Å². The Balaban J connectivity index is 0. The van der Waals surface area contributed by atoms with Gasteiger partial charge in [0.05, 0.1) is 0 Å². The zero-order valence-corrected chi connectivity index (χ0v) is 9.15. The van der Waals surface area contributed by atoms with Crippen molar-refractivity contribution >= 4 is 0 Å². The largest absolute Gasteiger partial charge is 0.383 e. The summed E-state index contributed by atoms with van der Waals surface area (Å²) in [4.78, 5) is 0. The summed E-state index contributed by atoms with van der Waals surface area (Å²) in [6.45, 7) is 14.1. The van der Waals surface area contributed by atoms with Crippen molar-refractivity contribution < 1.29 is 0 Å². The fraction of sp³-hybridized carbons (Fsp3) is 0.636. The molecule has 0 aliphatic rings. The van der Waals surface area contributed by atoms with Gasteiger partial charge in [0.25, 0.3) is 0 Å². The maximum Gasteiger partial charge on any atom is 0.0265 e. The molecular weight excluding hydrogens is 146 g/mol. The lowest BCUT2D eigenvalue weighted by atomic mass is 10.3. The lowest BCUT2D eigenvalue weighted by Gasteiger charge is -2.08. The Bertz CT molecular complexity index is 123. The van der Waals surface area contributed by atoms with Crippen molar-refractivity contribution in [2.45, 2.75) is 47.1 Å². The normalized spacial score (nSPS) is 9.50. The highest BCUT2D eigenvalue weighted by Gasteiger charge is 1.89. The van der Waals surface area contributed by atoms with E-state index in [4.69, 9.17) is 0 Å². The molecule has 0 aromatic rings. The molecule has 0 bridgehead atoms. The molecule has 0 saturated heterocycles. The fourth-order valence-electron chi connectivity index (χ4n) is 0.679. The molecule has 0 heterocycles. The molecule has 12 heavy (non-hydrogen) atoms. The van der Waals surface area contributed by atoms with Gasteiger partial charge in [0.2, 0.25) is 0 Å². The van der Waals surface area contributed by atoms with E-state index < -0.39 is 0 Å². The first kappa shape index (κ1) is 13.8. The summed E-state index contributed by atoms with van der Waals surface area (Å²) < 4.78 is 0. The van der Waals surface area contributed by atoms with Crippen molar-refractivity contribution in [1.29, 1.82) is 0 Å². The molecule has 0 rings (SSSR count). The minimum Gasteiger partial charge on any atom is -0.383 e. The number of allylic oxidation sites excluding steroid dienone is 2. The van der Waals surface area contributed by atoms with Gasteiger partial charge in [0, 0.05) is 11.7 Å². The molecule has 0 radical (unpaired) electrons. The van der Waals surface area contributed by atoms with E-state index in [1.807, 2.05) is 19.9 Å². The van der Waals surface area contributed by atoms with E-state index in [2.05, 4.69) is 38.7 Å². The van der Waals surface area contributed by atoms with Crippen LogP contribution in [0.4, 0.5) is 0 Å². The molecule has 72 valence electrons. The number of rotatable bonds is 4. The molecule has 0 aliphatic carbocycles. The predicted octanol–water partition coefficient (Wildman–Crippen LogP) is 3.49. The van der Waals surface area contributed by atoms with Gasteiger partial charge in [-0.2, -0.15) is 0 Å². The maximum atomic E-state index is 3.83. The lowest BCUT2D eigenvalue weighted by Crippen LogP contribution is -2.19. The number of hydrogen-bond acceptors (Lipinski definition) is 1. The van der Waals surface area contributed by atoms with Crippen molar-refractivity contribution in [3.8, 4) is 0 Å². The van der Waals surface area contributed by atoms with Crippen molar-refractivity contribution in [3.63, 3.8) is 0 Å². The summed E-state index contributed by atoms with van der Waals surface area (Å²) >= 11 is 0. The topological polar surface area (TPSA) is 12.0 Å². The Morgan fingerprint density at radius 2 is 1.92 bits per heavy atom. The van der Waals surface area contributed by atoms with Crippen LogP contribution < -0.4 is 5.32 Å². The Kier molecular flexibility index (Phi) is 11.9. The highest BCUT2D eigenvalue weighted by Crippen LogP contribution is 1.91. The van der Waals surface area contributed by atoms with E-state index in [1.54, 1.807) is 0 Å². The van der Waals surface area contributed by atoms with Gasteiger partial charge in [0.15, 0.2) is 0 Å². The molecule has 0 unspecified atom stereocenters. The van der Waals surface area contributed by atoms with Crippen LogP contribution in [0.3, 0.4) is 0 Å². The summed E-state index contributed by atoms with van der Waals surface area (Å²) in [5.41, 5.74) is 0.997. The van der Waals surface area contributed by atoms with Gasteiger partial charge in [0.1, 0.15) is 0 Å².